The van der Waals surface area contributed by atoms with Crippen LogP contribution in [0.1, 0.15) is 12.6 Å². The van der Waals surface area contributed by atoms with E-state index in [1.807, 2.05) is 72.9 Å². The highest BCUT2D eigenvalue weighted by atomic mass is 16.1. The molecule has 0 aliphatic heterocycles. The first kappa shape index (κ1) is 16.9. The predicted octanol–water partition coefficient (Wildman–Crippen LogP) is 4.52. The number of pyridine rings is 3. The SMILES string of the molecule is CCc1ccc(-c2cc(-c3ccccn3)cn(-c3ccccc3)c2=O)cn1. The molecule has 0 aliphatic rings. The van der Waals surface area contributed by atoms with Crippen molar-refractivity contribution in [1.82, 2.24) is 14.5 Å². The molecule has 132 valence electrons. The van der Waals surface area contributed by atoms with Gasteiger partial charge in [-0.1, -0.05) is 37.3 Å². The molecule has 0 radical (unpaired) electrons. The van der Waals surface area contributed by atoms with E-state index < -0.39 is 0 Å². The molecule has 4 aromatic rings. The summed E-state index contributed by atoms with van der Waals surface area (Å²) in [5, 5.41) is 0. The van der Waals surface area contributed by atoms with Crippen molar-refractivity contribution in [3.63, 3.8) is 0 Å². The van der Waals surface area contributed by atoms with Gasteiger partial charge >= 0.3 is 0 Å². The summed E-state index contributed by atoms with van der Waals surface area (Å²) in [5.74, 6) is 0. The van der Waals surface area contributed by atoms with Crippen LogP contribution in [0.2, 0.25) is 0 Å². The lowest BCUT2D eigenvalue weighted by Crippen LogP contribution is -2.20. The molecule has 0 saturated carbocycles. The molecule has 0 saturated heterocycles. The fraction of sp³-hybridized carbons (Fsp3) is 0.0870. The Bertz CT molecular complexity index is 1100. The zero-order valence-electron chi connectivity index (χ0n) is 15.0. The monoisotopic (exact) mass is 353 g/mol. The van der Waals surface area contributed by atoms with Crippen LogP contribution in [0.15, 0.2) is 90.1 Å². The molecule has 3 aromatic heterocycles. The molecule has 3 heterocycles. The number of aryl methyl sites for hydroxylation is 1. The van der Waals surface area contributed by atoms with Crippen molar-refractivity contribution in [3.8, 4) is 28.1 Å². The molecule has 0 spiro atoms. The van der Waals surface area contributed by atoms with Gasteiger partial charge in [0.25, 0.3) is 5.56 Å². The van der Waals surface area contributed by atoms with Crippen molar-refractivity contribution in [2.75, 3.05) is 0 Å². The lowest BCUT2D eigenvalue weighted by atomic mass is 10.0. The molecule has 0 fully saturated rings. The summed E-state index contributed by atoms with van der Waals surface area (Å²) in [5.41, 5.74) is 4.86. The van der Waals surface area contributed by atoms with Crippen LogP contribution >= 0.6 is 0 Å². The fourth-order valence-corrected chi connectivity index (χ4v) is 3.04. The van der Waals surface area contributed by atoms with Crippen LogP contribution in [0.3, 0.4) is 0 Å². The maximum atomic E-state index is 13.2. The lowest BCUT2D eigenvalue weighted by molar-refractivity contribution is 0.990. The standard InChI is InChI=1S/C23H19N3O/c1-2-19-12-11-17(15-25-19)21-14-18(22-10-6-7-13-24-22)16-26(23(21)27)20-8-4-3-5-9-20/h3-16H,2H2,1H3. The van der Waals surface area contributed by atoms with Gasteiger partial charge in [-0.15, -0.1) is 0 Å². The molecule has 27 heavy (non-hydrogen) atoms. The van der Waals surface area contributed by atoms with E-state index in [1.54, 1.807) is 17.0 Å². The van der Waals surface area contributed by atoms with Crippen LogP contribution < -0.4 is 5.56 Å². The van der Waals surface area contributed by atoms with Crippen LogP contribution in [0.4, 0.5) is 0 Å². The van der Waals surface area contributed by atoms with Crippen LogP contribution in [0.25, 0.3) is 28.1 Å². The second-order valence-corrected chi connectivity index (χ2v) is 6.26. The Morgan fingerprint density at radius 1 is 0.889 bits per heavy atom. The van der Waals surface area contributed by atoms with E-state index in [0.717, 1.165) is 34.6 Å². The average Bonchev–Trinajstić information content (AvgIpc) is 2.75. The van der Waals surface area contributed by atoms with E-state index in [1.165, 1.54) is 0 Å². The first-order valence-corrected chi connectivity index (χ1v) is 8.95. The molecular formula is C23H19N3O. The van der Waals surface area contributed by atoms with Gasteiger partial charge in [0.2, 0.25) is 0 Å². The van der Waals surface area contributed by atoms with E-state index >= 15 is 0 Å². The van der Waals surface area contributed by atoms with Gasteiger partial charge in [-0.25, -0.2) is 0 Å². The summed E-state index contributed by atoms with van der Waals surface area (Å²) < 4.78 is 1.67. The van der Waals surface area contributed by atoms with Crippen molar-refractivity contribution in [1.29, 1.82) is 0 Å². The highest BCUT2D eigenvalue weighted by Crippen LogP contribution is 2.23. The van der Waals surface area contributed by atoms with Crippen molar-refractivity contribution >= 4 is 0 Å². The smallest absolute Gasteiger partial charge is 0.263 e. The van der Waals surface area contributed by atoms with Crippen LogP contribution in [0.5, 0.6) is 0 Å². The molecule has 0 amide bonds. The minimum absolute atomic E-state index is 0.0769. The number of nitrogens with zero attached hydrogens (tertiary/aromatic N) is 3. The molecule has 4 nitrogen and oxygen atoms in total. The molecule has 4 heteroatoms. The van der Waals surface area contributed by atoms with E-state index in [9.17, 15) is 4.79 Å². The largest absolute Gasteiger partial charge is 0.283 e. The predicted molar refractivity (Wildman–Crippen MR) is 108 cm³/mol. The Labute approximate surface area is 157 Å². The third kappa shape index (κ3) is 3.42. The number of aromatic nitrogens is 3. The van der Waals surface area contributed by atoms with E-state index in [4.69, 9.17) is 0 Å². The summed E-state index contributed by atoms with van der Waals surface area (Å²) in [6, 6.07) is 21.2. The summed E-state index contributed by atoms with van der Waals surface area (Å²) in [6.45, 7) is 2.06. The Morgan fingerprint density at radius 2 is 1.70 bits per heavy atom. The van der Waals surface area contributed by atoms with Gasteiger partial charge in [0.15, 0.2) is 0 Å². The van der Waals surface area contributed by atoms with Crippen LogP contribution in [-0.2, 0) is 6.42 Å². The second kappa shape index (κ2) is 7.38. The Morgan fingerprint density at radius 3 is 2.37 bits per heavy atom. The lowest BCUT2D eigenvalue weighted by Gasteiger charge is -2.12. The average molecular weight is 353 g/mol. The zero-order chi connectivity index (χ0) is 18.6. The van der Waals surface area contributed by atoms with Gasteiger partial charge in [-0.2, -0.15) is 0 Å². The van der Waals surface area contributed by atoms with Gasteiger partial charge in [-0.3, -0.25) is 19.3 Å². The third-order valence-corrected chi connectivity index (χ3v) is 4.51. The number of hydrogen-bond acceptors (Lipinski definition) is 3. The van der Waals surface area contributed by atoms with Crippen molar-refractivity contribution < 1.29 is 0 Å². The quantitative estimate of drug-likeness (QED) is 0.542. The van der Waals surface area contributed by atoms with E-state index in [2.05, 4.69) is 16.9 Å². The fourth-order valence-electron chi connectivity index (χ4n) is 3.04. The Balaban J connectivity index is 1.95. The van der Waals surface area contributed by atoms with Gasteiger partial charge in [0.1, 0.15) is 0 Å². The van der Waals surface area contributed by atoms with Gasteiger partial charge in [0, 0.05) is 46.7 Å². The first-order valence-electron chi connectivity index (χ1n) is 8.95. The van der Waals surface area contributed by atoms with E-state index in [0.29, 0.717) is 5.56 Å². The molecule has 0 atom stereocenters. The van der Waals surface area contributed by atoms with Gasteiger partial charge < -0.3 is 0 Å². The van der Waals surface area contributed by atoms with Gasteiger partial charge in [-0.05, 0) is 42.8 Å². The van der Waals surface area contributed by atoms with Crippen molar-refractivity contribution in [2.24, 2.45) is 0 Å². The third-order valence-electron chi connectivity index (χ3n) is 4.51. The number of benzene rings is 1. The highest BCUT2D eigenvalue weighted by Gasteiger charge is 2.12. The Kier molecular flexibility index (Phi) is 4.62. The number of hydrogen-bond donors (Lipinski definition) is 0. The van der Waals surface area contributed by atoms with Crippen LogP contribution in [-0.4, -0.2) is 14.5 Å². The molecule has 1 aromatic carbocycles. The first-order chi connectivity index (χ1) is 13.3. The summed E-state index contributed by atoms with van der Waals surface area (Å²) in [6.07, 6.45) is 6.23. The van der Waals surface area contributed by atoms with E-state index in [-0.39, 0.29) is 5.56 Å². The maximum Gasteiger partial charge on any atom is 0.263 e. The minimum atomic E-state index is -0.0769. The summed E-state index contributed by atoms with van der Waals surface area (Å²) in [4.78, 5) is 22.1. The molecule has 0 N–H and O–H groups in total. The molecular weight excluding hydrogens is 334 g/mol. The summed E-state index contributed by atoms with van der Waals surface area (Å²) in [7, 11) is 0. The number of para-hydroxylation sites is 1. The normalized spacial score (nSPS) is 10.7. The van der Waals surface area contributed by atoms with Crippen molar-refractivity contribution in [2.45, 2.75) is 13.3 Å². The molecule has 0 bridgehead atoms. The second-order valence-electron chi connectivity index (χ2n) is 6.26. The Hall–Kier alpha value is -3.53. The molecule has 0 unspecified atom stereocenters. The van der Waals surface area contributed by atoms with Crippen molar-refractivity contribution in [3.05, 3.63) is 101 Å². The highest BCUT2D eigenvalue weighted by molar-refractivity contribution is 5.70. The maximum absolute atomic E-state index is 13.2. The summed E-state index contributed by atoms with van der Waals surface area (Å²) >= 11 is 0. The topological polar surface area (TPSA) is 47.8 Å². The van der Waals surface area contributed by atoms with Crippen LogP contribution in [0, 0.1) is 0 Å². The zero-order valence-corrected chi connectivity index (χ0v) is 15.0. The molecule has 0 aliphatic carbocycles. The number of rotatable bonds is 4. The van der Waals surface area contributed by atoms with Gasteiger partial charge in [0.05, 0.1) is 5.69 Å². The molecule has 4 rings (SSSR count). The minimum Gasteiger partial charge on any atom is -0.283 e.